The van der Waals surface area contributed by atoms with Gasteiger partial charge in [0.05, 0.1) is 7.11 Å². The van der Waals surface area contributed by atoms with Gasteiger partial charge in [-0.2, -0.15) is 0 Å². The Morgan fingerprint density at radius 1 is 0.857 bits per heavy atom. The molecule has 0 amide bonds. The average Bonchev–Trinajstić information content (AvgIpc) is 2.46. The number of esters is 1. The Kier molecular flexibility index (Phi) is 15.0. The first-order valence-electron chi connectivity index (χ1n) is 8.91. The molecule has 0 saturated carbocycles. The van der Waals surface area contributed by atoms with Crippen LogP contribution in [0.4, 0.5) is 0 Å². The molecule has 0 aliphatic carbocycles. The molecule has 0 rings (SSSR count). The molecule has 0 fully saturated rings. The minimum absolute atomic E-state index is 0.247. The molecule has 0 bridgehead atoms. The summed E-state index contributed by atoms with van der Waals surface area (Å²) in [7, 11) is 1.41. The lowest BCUT2D eigenvalue weighted by Gasteiger charge is -2.04. The Morgan fingerprint density at radius 2 is 1.33 bits per heavy atom. The van der Waals surface area contributed by atoms with Crippen LogP contribution in [0.25, 0.3) is 0 Å². The van der Waals surface area contributed by atoms with E-state index in [1.807, 2.05) is 6.08 Å². The summed E-state index contributed by atoms with van der Waals surface area (Å²) in [6, 6.07) is 0. The third-order valence-corrected chi connectivity index (χ3v) is 3.86. The molecule has 2 heteroatoms. The maximum Gasteiger partial charge on any atom is 0.330 e. The van der Waals surface area contributed by atoms with E-state index in [1.54, 1.807) is 0 Å². The minimum Gasteiger partial charge on any atom is -0.466 e. The number of methoxy groups -OCH3 is 1. The largest absolute Gasteiger partial charge is 0.466 e. The summed E-state index contributed by atoms with van der Waals surface area (Å²) in [6.07, 6.45) is 19.5. The Morgan fingerprint density at radius 3 is 1.81 bits per heavy atom. The minimum atomic E-state index is -0.247. The van der Waals surface area contributed by atoms with Gasteiger partial charge in [-0.05, 0) is 18.8 Å². The number of rotatable bonds is 14. The molecule has 124 valence electrons. The van der Waals surface area contributed by atoms with Crippen LogP contribution in [0.15, 0.2) is 12.2 Å². The molecule has 0 atom stereocenters. The van der Waals surface area contributed by atoms with E-state index in [9.17, 15) is 4.79 Å². The van der Waals surface area contributed by atoms with Crippen LogP contribution in [0.2, 0.25) is 0 Å². The summed E-state index contributed by atoms with van der Waals surface area (Å²) in [4.78, 5) is 10.8. The zero-order valence-corrected chi connectivity index (χ0v) is 14.5. The van der Waals surface area contributed by atoms with Crippen LogP contribution in [0.5, 0.6) is 0 Å². The molecule has 21 heavy (non-hydrogen) atoms. The van der Waals surface area contributed by atoms with Crippen molar-refractivity contribution in [1.82, 2.24) is 0 Å². The molecule has 0 aromatic rings. The molecule has 0 aliphatic rings. The lowest BCUT2D eigenvalue weighted by molar-refractivity contribution is -0.134. The standard InChI is InChI=1S/C19H36O2/c1-18(2)16-14-12-10-8-6-4-5-7-9-11-13-15-17-19(20)21-3/h15,17-18H,4-14,16H2,1-3H3. The number of hydrogen-bond donors (Lipinski definition) is 0. The lowest BCUT2D eigenvalue weighted by Crippen LogP contribution is -1.93. The molecule has 2 nitrogen and oxygen atoms in total. The molecule has 0 spiro atoms. The van der Waals surface area contributed by atoms with Crippen molar-refractivity contribution in [3.05, 3.63) is 12.2 Å². The lowest BCUT2D eigenvalue weighted by atomic mass is 10.0. The van der Waals surface area contributed by atoms with Crippen molar-refractivity contribution < 1.29 is 9.53 Å². The van der Waals surface area contributed by atoms with E-state index in [-0.39, 0.29) is 5.97 Å². The molecular weight excluding hydrogens is 260 g/mol. The molecule has 0 unspecified atom stereocenters. The highest BCUT2D eigenvalue weighted by Crippen LogP contribution is 2.13. The number of hydrogen-bond acceptors (Lipinski definition) is 2. The van der Waals surface area contributed by atoms with Crippen LogP contribution in [-0.4, -0.2) is 13.1 Å². The monoisotopic (exact) mass is 296 g/mol. The Bertz CT molecular complexity index is 256. The van der Waals surface area contributed by atoms with Crippen LogP contribution >= 0.6 is 0 Å². The summed E-state index contributed by atoms with van der Waals surface area (Å²) in [6.45, 7) is 4.62. The number of carbonyl (C=O) groups excluding carboxylic acids is 1. The number of allylic oxidation sites excluding steroid dienone is 1. The van der Waals surface area contributed by atoms with Gasteiger partial charge < -0.3 is 4.74 Å². The van der Waals surface area contributed by atoms with Crippen LogP contribution in [0.1, 0.15) is 90.9 Å². The molecule has 0 heterocycles. The first-order valence-corrected chi connectivity index (χ1v) is 8.91. The normalized spacial score (nSPS) is 11.4. The SMILES string of the molecule is COC(=O)C=CCCCCCCCCCCCCC(C)C. The molecule has 0 radical (unpaired) electrons. The Labute approximate surface area is 132 Å². The van der Waals surface area contributed by atoms with Gasteiger partial charge in [0.1, 0.15) is 0 Å². The van der Waals surface area contributed by atoms with Crippen molar-refractivity contribution in [1.29, 1.82) is 0 Å². The smallest absolute Gasteiger partial charge is 0.330 e. The van der Waals surface area contributed by atoms with Gasteiger partial charge >= 0.3 is 5.97 Å². The van der Waals surface area contributed by atoms with Crippen molar-refractivity contribution in [2.24, 2.45) is 5.92 Å². The van der Waals surface area contributed by atoms with Crippen molar-refractivity contribution in [2.45, 2.75) is 90.9 Å². The van der Waals surface area contributed by atoms with Crippen molar-refractivity contribution in [3.63, 3.8) is 0 Å². The van der Waals surface area contributed by atoms with E-state index in [2.05, 4.69) is 18.6 Å². The van der Waals surface area contributed by atoms with Crippen molar-refractivity contribution >= 4 is 5.97 Å². The molecular formula is C19H36O2. The fourth-order valence-corrected chi connectivity index (χ4v) is 2.48. The predicted molar refractivity (Wildman–Crippen MR) is 91.4 cm³/mol. The number of ether oxygens (including phenoxy) is 1. The highest BCUT2D eigenvalue weighted by molar-refractivity contribution is 5.81. The van der Waals surface area contributed by atoms with Gasteiger partial charge in [0, 0.05) is 6.08 Å². The Hall–Kier alpha value is -0.790. The zero-order chi connectivity index (χ0) is 15.8. The predicted octanol–water partition coefficient (Wildman–Crippen LogP) is 6.05. The second-order valence-electron chi connectivity index (χ2n) is 6.43. The van der Waals surface area contributed by atoms with Gasteiger partial charge in [-0.3, -0.25) is 0 Å². The quantitative estimate of drug-likeness (QED) is 0.221. The molecule has 0 N–H and O–H groups in total. The highest BCUT2D eigenvalue weighted by Gasteiger charge is 1.95. The number of unbranched alkanes of at least 4 members (excludes halogenated alkanes) is 10. The summed E-state index contributed by atoms with van der Waals surface area (Å²) in [5, 5.41) is 0. The van der Waals surface area contributed by atoms with Gasteiger partial charge in [-0.15, -0.1) is 0 Å². The van der Waals surface area contributed by atoms with Crippen LogP contribution in [0, 0.1) is 5.92 Å². The van der Waals surface area contributed by atoms with E-state index < -0.39 is 0 Å². The summed E-state index contributed by atoms with van der Waals surface area (Å²) < 4.78 is 4.54. The molecule has 0 aromatic carbocycles. The van der Waals surface area contributed by atoms with E-state index in [1.165, 1.54) is 83.8 Å². The van der Waals surface area contributed by atoms with E-state index in [4.69, 9.17) is 0 Å². The second-order valence-corrected chi connectivity index (χ2v) is 6.43. The van der Waals surface area contributed by atoms with Crippen LogP contribution in [-0.2, 0) is 9.53 Å². The van der Waals surface area contributed by atoms with E-state index in [0.29, 0.717) is 0 Å². The van der Waals surface area contributed by atoms with Gasteiger partial charge in [0.15, 0.2) is 0 Å². The fourth-order valence-electron chi connectivity index (χ4n) is 2.48. The zero-order valence-electron chi connectivity index (χ0n) is 14.5. The van der Waals surface area contributed by atoms with E-state index in [0.717, 1.165) is 12.3 Å². The first kappa shape index (κ1) is 20.2. The average molecular weight is 296 g/mol. The third-order valence-electron chi connectivity index (χ3n) is 3.86. The number of carbonyl (C=O) groups is 1. The highest BCUT2D eigenvalue weighted by atomic mass is 16.5. The third kappa shape index (κ3) is 17.2. The second kappa shape index (κ2) is 15.6. The topological polar surface area (TPSA) is 26.3 Å². The maximum absolute atomic E-state index is 10.8. The molecule has 0 aliphatic heterocycles. The molecule has 0 aromatic heterocycles. The summed E-state index contributed by atoms with van der Waals surface area (Å²) in [5.74, 6) is 0.621. The first-order chi connectivity index (χ1) is 10.2. The van der Waals surface area contributed by atoms with Crippen molar-refractivity contribution in [2.75, 3.05) is 7.11 Å². The molecule has 0 saturated heterocycles. The Balaban J connectivity index is 3.09. The van der Waals surface area contributed by atoms with E-state index >= 15 is 0 Å². The maximum atomic E-state index is 10.8. The van der Waals surface area contributed by atoms with Gasteiger partial charge in [-0.25, -0.2) is 4.79 Å². The summed E-state index contributed by atoms with van der Waals surface area (Å²) >= 11 is 0. The summed E-state index contributed by atoms with van der Waals surface area (Å²) in [5.41, 5.74) is 0. The van der Waals surface area contributed by atoms with Crippen molar-refractivity contribution in [3.8, 4) is 0 Å². The van der Waals surface area contributed by atoms with Crippen LogP contribution in [0.3, 0.4) is 0 Å². The van der Waals surface area contributed by atoms with Gasteiger partial charge in [0.2, 0.25) is 0 Å². The van der Waals surface area contributed by atoms with Gasteiger partial charge in [-0.1, -0.05) is 84.1 Å². The van der Waals surface area contributed by atoms with Gasteiger partial charge in [0.25, 0.3) is 0 Å². The fraction of sp³-hybridized carbons (Fsp3) is 0.842. The van der Waals surface area contributed by atoms with Crippen LogP contribution < -0.4 is 0 Å².